The molecule has 1 unspecified atom stereocenters. The third kappa shape index (κ3) is 2.24. The van der Waals surface area contributed by atoms with E-state index in [4.69, 9.17) is 11.6 Å². The van der Waals surface area contributed by atoms with Gasteiger partial charge in [0.15, 0.2) is 0 Å². The molecule has 0 aliphatic heterocycles. The monoisotopic (exact) mass is 283 g/mol. The molecule has 6 heteroatoms. The Morgan fingerprint density at radius 2 is 2.00 bits per heavy atom. The first kappa shape index (κ1) is 12.9. The van der Waals surface area contributed by atoms with Crippen molar-refractivity contribution in [1.82, 2.24) is 9.78 Å². The molecule has 1 heterocycles. The van der Waals surface area contributed by atoms with Crippen molar-refractivity contribution < 1.29 is 4.92 Å². The number of rotatable bonds is 4. The van der Waals surface area contributed by atoms with Crippen LogP contribution < -0.4 is 0 Å². The minimum atomic E-state index is -0.362. The fourth-order valence-corrected chi connectivity index (χ4v) is 3.47. The van der Waals surface area contributed by atoms with Crippen molar-refractivity contribution in [2.24, 2.45) is 5.92 Å². The highest BCUT2D eigenvalue weighted by atomic mass is 35.5. The summed E-state index contributed by atoms with van der Waals surface area (Å²) in [6.07, 6.45) is 6.58. The van der Waals surface area contributed by atoms with Gasteiger partial charge in [-0.2, -0.15) is 5.10 Å². The molecule has 1 aromatic heterocycles. The van der Waals surface area contributed by atoms with Crippen LogP contribution in [0.5, 0.6) is 0 Å². The molecule has 0 saturated heterocycles. The van der Waals surface area contributed by atoms with E-state index >= 15 is 0 Å². The highest BCUT2D eigenvalue weighted by Gasteiger charge is 2.37. The van der Waals surface area contributed by atoms with Crippen molar-refractivity contribution in [1.29, 1.82) is 0 Å². The van der Waals surface area contributed by atoms with E-state index in [0.717, 1.165) is 25.7 Å². The van der Waals surface area contributed by atoms with Crippen molar-refractivity contribution in [3.63, 3.8) is 0 Å². The molecule has 3 rings (SSSR count). The number of hydrogen-bond acceptors (Lipinski definition) is 3. The molecule has 19 heavy (non-hydrogen) atoms. The van der Waals surface area contributed by atoms with Crippen LogP contribution in [0, 0.1) is 16.0 Å². The number of halogens is 1. The third-order valence-corrected chi connectivity index (χ3v) is 4.82. The molecule has 0 amide bonds. The smallest absolute Gasteiger partial charge is 0.258 e. The fraction of sp³-hybridized carbons (Fsp3) is 0.769. The lowest BCUT2D eigenvalue weighted by Crippen LogP contribution is -2.09. The molecule has 1 aromatic rings. The average Bonchev–Trinajstić information content (AvgIpc) is 2.95. The molecule has 2 aliphatic carbocycles. The van der Waals surface area contributed by atoms with Crippen molar-refractivity contribution in [3.8, 4) is 0 Å². The van der Waals surface area contributed by atoms with Gasteiger partial charge in [-0.1, -0.05) is 24.4 Å². The maximum atomic E-state index is 11.3. The Bertz CT molecular complexity index is 504. The summed E-state index contributed by atoms with van der Waals surface area (Å²) in [5, 5.41) is 16.0. The molecule has 0 radical (unpaired) electrons. The second-order valence-corrected chi connectivity index (χ2v) is 6.14. The Morgan fingerprint density at radius 1 is 1.37 bits per heavy atom. The summed E-state index contributed by atoms with van der Waals surface area (Å²) in [6, 6.07) is 0.168. The summed E-state index contributed by atoms with van der Waals surface area (Å²) in [5.41, 5.74) is 0.654. The number of aromatic nitrogens is 2. The van der Waals surface area contributed by atoms with E-state index in [-0.39, 0.29) is 27.7 Å². The molecule has 5 nitrogen and oxygen atoms in total. The van der Waals surface area contributed by atoms with E-state index in [1.165, 1.54) is 12.8 Å². The Labute approximate surface area is 117 Å². The summed E-state index contributed by atoms with van der Waals surface area (Å²) < 4.78 is 1.69. The predicted octanol–water partition coefficient (Wildman–Crippen LogP) is 4.07. The molecular weight excluding hydrogens is 266 g/mol. The second-order valence-electron chi connectivity index (χ2n) is 5.79. The van der Waals surface area contributed by atoms with Crippen LogP contribution in [-0.2, 0) is 0 Å². The number of nitrogens with zero attached hydrogens (tertiary/aromatic N) is 3. The average molecular weight is 284 g/mol. The lowest BCUT2D eigenvalue weighted by Gasteiger charge is -2.11. The van der Waals surface area contributed by atoms with Gasteiger partial charge in [-0.3, -0.25) is 10.1 Å². The Balaban J connectivity index is 2.01. The zero-order valence-corrected chi connectivity index (χ0v) is 11.8. The molecule has 104 valence electrons. The van der Waals surface area contributed by atoms with Crippen LogP contribution in [0.4, 0.5) is 5.69 Å². The molecule has 2 saturated carbocycles. The highest BCUT2D eigenvalue weighted by Crippen LogP contribution is 2.45. The zero-order chi connectivity index (χ0) is 13.6. The van der Waals surface area contributed by atoms with Gasteiger partial charge in [-0.15, -0.1) is 0 Å². The summed E-state index contributed by atoms with van der Waals surface area (Å²) in [4.78, 5) is 10.9. The third-order valence-electron chi connectivity index (χ3n) is 4.47. The van der Waals surface area contributed by atoms with Gasteiger partial charge >= 0.3 is 5.69 Å². The lowest BCUT2D eigenvalue weighted by molar-refractivity contribution is -0.385. The molecule has 0 spiro atoms. The molecule has 2 fully saturated rings. The Hall–Kier alpha value is -1.10. The molecular formula is C13H18ClN3O2. The zero-order valence-electron chi connectivity index (χ0n) is 11.0. The molecule has 1 atom stereocenters. The van der Waals surface area contributed by atoms with Crippen LogP contribution in [0.25, 0.3) is 0 Å². The maximum Gasteiger partial charge on any atom is 0.329 e. The SMILES string of the molecule is CC(C1CC1)n1nc(C2CCCC2)c([N+](=O)[O-])c1Cl. The van der Waals surface area contributed by atoms with Gasteiger partial charge in [-0.25, -0.2) is 4.68 Å². The first-order valence-corrected chi connectivity index (χ1v) is 7.39. The van der Waals surface area contributed by atoms with Gasteiger partial charge in [0.05, 0.1) is 11.0 Å². The molecule has 0 bridgehead atoms. The normalized spacial score (nSPS) is 21.8. The first-order chi connectivity index (χ1) is 9.09. The second kappa shape index (κ2) is 4.78. The Morgan fingerprint density at radius 3 is 2.53 bits per heavy atom. The van der Waals surface area contributed by atoms with Crippen LogP contribution in [0.3, 0.4) is 0 Å². The topological polar surface area (TPSA) is 61.0 Å². The van der Waals surface area contributed by atoms with Crippen LogP contribution in [0.2, 0.25) is 5.15 Å². The van der Waals surface area contributed by atoms with Crippen molar-refractivity contribution in [2.45, 2.75) is 57.4 Å². The minimum absolute atomic E-state index is 0.0427. The van der Waals surface area contributed by atoms with Crippen LogP contribution in [0.1, 0.15) is 63.1 Å². The van der Waals surface area contributed by atoms with Gasteiger partial charge in [0.25, 0.3) is 0 Å². The molecule has 0 N–H and O–H groups in total. The maximum absolute atomic E-state index is 11.3. The van der Waals surface area contributed by atoms with Gasteiger partial charge in [0, 0.05) is 5.92 Å². The van der Waals surface area contributed by atoms with Gasteiger partial charge in [0.2, 0.25) is 5.15 Å². The van der Waals surface area contributed by atoms with Gasteiger partial charge < -0.3 is 0 Å². The largest absolute Gasteiger partial charge is 0.329 e. The van der Waals surface area contributed by atoms with Crippen molar-refractivity contribution in [2.75, 3.05) is 0 Å². The predicted molar refractivity (Wildman–Crippen MR) is 72.5 cm³/mol. The standard InChI is InChI=1S/C13H18ClN3O2/c1-8(9-6-7-9)16-13(14)12(17(18)19)11(15-16)10-4-2-3-5-10/h8-10H,2-7H2,1H3. The quantitative estimate of drug-likeness (QED) is 0.618. The summed E-state index contributed by atoms with van der Waals surface area (Å²) in [6.45, 7) is 2.05. The first-order valence-electron chi connectivity index (χ1n) is 7.02. The van der Waals surface area contributed by atoms with Crippen LogP contribution in [-0.4, -0.2) is 14.7 Å². The highest BCUT2D eigenvalue weighted by molar-refractivity contribution is 6.31. The van der Waals surface area contributed by atoms with E-state index in [9.17, 15) is 10.1 Å². The minimum Gasteiger partial charge on any atom is -0.258 e. The van der Waals surface area contributed by atoms with Gasteiger partial charge in [0.1, 0.15) is 5.69 Å². The molecule has 2 aliphatic rings. The van der Waals surface area contributed by atoms with E-state index in [1.54, 1.807) is 4.68 Å². The fourth-order valence-electron chi connectivity index (χ4n) is 3.11. The van der Waals surface area contributed by atoms with E-state index in [0.29, 0.717) is 11.6 Å². The van der Waals surface area contributed by atoms with Crippen LogP contribution >= 0.6 is 11.6 Å². The number of hydrogen-bond donors (Lipinski definition) is 0. The van der Waals surface area contributed by atoms with Crippen molar-refractivity contribution >= 4 is 17.3 Å². The summed E-state index contributed by atoms with van der Waals surface area (Å²) in [7, 11) is 0. The molecule has 0 aromatic carbocycles. The van der Waals surface area contributed by atoms with Crippen molar-refractivity contribution in [3.05, 3.63) is 21.0 Å². The van der Waals surface area contributed by atoms with E-state index in [1.807, 2.05) is 0 Å². The van der Waals surface area contributed by atoms with Gasteiger partial charge in [-0.05, 0) is 38.5 Å². The summed E-state index contributed by atoms with van der Waals surface area (Å²) in [5.74, 6) is 0.791. The van der Waals surface area contributed by atoms with E-state index < -0.39 is 0 Å². The lowest BCUT2D eigenvalue weighted by atomic mass is 10.0. The van der Waals surface area contributed by atoms with Crippen LogP contribution in [0.15, 0.2) is 0 Å². The Kier molecular flexibility index (Phi) is 3.25. The van der Waals surface area contributed by atoms with E-state index in [2.05, 4.69) is 12.0 Å². The summed E-state index contributed by atoms with van der Waals surface area (Å²) >= 11 is 6.23. The number of nitro groups is 1.